The summed E-state index contributed by atoms with van der Waals surface area (Å²) in [6, 6.07) is 31.3. The van der Waals surface area contributed by atoms with Crippen molar-refractivity contribution in [1.29, 1.82) is 0 Å². The Morgan fingerprint density at radius 2 is 1.58 bits per heavy atom. The highest BCUT2D eigenvalue weighted by molar-refractivity contribution is 6.25. The first kappa shape index (κ1) is 25.5. The van der Waals surface area contributed by atoms with Gasteiger partial charge in [-0.3, -0.25) is 9.59 Å². The standard InChI is InChI=1S/C35H29N5O3/c1-2-19-43-22-17-15-21(16-18-22)40-32(41)30-29-23-9-3-5-11-25(23)35(31(30)33(40)42,26-12-6-4-10-24(26)29)20-36-39-34-37-27-13-7-8-14-28(27)38-34/h3-18,20,29-31H,2,19H2,1H3,(H2,37,38,39)/b36-20-/t29?,30-,31+,35?/m0/s1. The maximum absolute atomic E-state index is 14.5. The van der Waals surface area contributed by atoms with E-state index in [1.165, 1.54) is 4.90 Å². The number of benzene rings is 4. The van der Waals surface area contributed by atoms with Crippen LogP contribution in [0.3, 0.4) is 0 Å². The summed E-state index contributed by atoms with van der Waals surface area (Å²) in [6.45, 7) is 2.65. The van der Waals surface area contributed by atoms with Crippen molar-refractivity contribution in [3.63, 3.8) is 0 Å². The molecule has 2 amide bonds. The van der Waals surface area contributed by atoms with Gasteiger partial charge in [-0.05, 0) is 65.1 Å². The van der Waals surface area contributed by atoms with Crippen LogP contribution >= 0.6 is 0 Å². The lowest BCUT2D eigenvalue weighted by molar-refractivity contribution is -0.122. The van der Waals surface area contributed by atoms with Crippen LogP contribution in [0.15, 0.2) is 102 Å². The number of fused-ring (bicyclic) bond motifs is 1. The van der Waals surface area contributed by atoms with E-state index in [-0.39, 0.29) is 17.7 Å². The number of ether oxygens (including phenoxy) is 1. The van der Waals surface area contributed by atoms with Gasteiger partial charge in [0.1, 0.15) is 5.75 Å². The zero-order valence-corrected chi connectivity index (χ0v) is 23.5. The van der Waals surface area contributed by atoms with Gasteiger partial charge in [0.05, 0.1) is 40.6 Å². The average molecular weight is 568 g/mol. The molecule has 43 heavy (non-hydrogen) atoms. The van der Waals surface area contributed by atoms with E-state index in [0.717, 1.165) is 39.7 Å². The summed E-state index contributed by atoms with van der Waals surface area (Å²) in [5, 5.41) is 4.72. The van der Waals surface area contributed by atoms with Gasteiger partial charge < -0.3 is 9.72 Å². The Morgan fingerprint density at radius 3 is 2.28 bits per heavy atom. The topological polar surface area (TPSA) is 99.7 Å². The molecule has 2 bridgehead atoms. The molecule has 1 fully saturated rings. The maximum Gasteiger partial charge on any atom is 0.239 e. The first-order valence-electron chi connectivity index (χ1n) is 14.7. The molecule has 1 aromatic heterocycles. The lowest BCUT2D eigenvalue weighted by Gasteiger charge is -2.52. The molecule has 8 nitrogen and oxygen atoms in total. The number of hydrogen-bond donors (Lipinski definition) is 2. The van der Waals surface area contributed by atoms with Crippen molar-refractivity contribution < 1.29 is 14.3 Å². The number of carbonyl (C=O) groups excluding carboxylic acids is 2. The second kappa shape index (κ2) is 9.66. The van der Waals surface area contributed by atoms with Crippen molar-refractivity contribution >= 4 is 40.7 Å². The van der Waals surface area contributed by atoms with Gasteiger partial charge in [0.25, 0.3) is 0 Å². The highest BCUT2D eigenvalue weighted by atomic mass is 16.5. The number of imidazole rings is 1. The van der Waals surface area contributed by atoms with Crippen molar-refractivity contribution in [2.24, 2.45) is 16.9 Å². The number of anilines is 2. The largest absolute Gasteiger partial charge is 0.494 e. The van der Waals surface area contributed by atoms with Gasteiger partial charge in [-0.25, -0.2) is 15.3 Å². The van der Waals surface area contributed by atoms with Gasteiger partial charge in [0.2, 0.25) is 17.8 Å². The van der Waals surface area contributed by atoms with Gasteiger partial charge >= 0.3 is 0 Å². The molecule has 2 heterocycles. The number of H-pyrrole nitrogens is 1. The molecule has 5 aromatic rings. The van der Waals surface area contributed by atoms with Gasteiger partial charge in [-0.15, -0.1) is 0 Å². The molecule has 1 aliphatic heterocycles. The summed E-state index contributed by atoms with van der Waals surface area (Å²) >= 11 is 0. The van der Waals surface area contributed by atoms with Gasteiger partial charge in [-0.2, -0.15) is 5.10 Å². The third-order valence-corrected chi connectivity index (χ3v) is 9.08. The second-order valence-corrected chi connectivity index (χ2v) is 11.4. The molecule has 0 spiro atoms. The lowest BCUT2D eigenvalue weighted by Crippen LogP contribution is -2.54. The number of nitrogens with zero attached hydrogens (tertiary/aromatic N) is 3. The number of imide groups is 1. The number of nitrogens with one attached hydrogen (secondary N) is 2. The number of carbonyl (C=O) groups is 2. The van der Waals surface area contributed by atoms with Crippen LogP contribution in [0.2, 0.25) is 0 Å². The molecule has 4 aliphatic rings. The third-order valence-electron chi connectivity index (χ3n) is 9.08. The van der Waals surface area contributed by atoms with E-state index in [1.807, 2.05) is 73.8 Å². The van der Waals surface area contributed by atoms with E-state index in [0.29, 0.717) is 24.0 Å². The number of aromatic nitrogens is 2. The third kappa shape index (κ3) is 3.62. The molecule has 9 rings (SSSR count). The Hall–Kier alpha value is -5.24. The lowest BCUT2D eigenvalue weighted by atomic mass is 9.47. The van der Waals surface area contributed by atoms with Gasteiger partial charge in [-0.1, -0.05) is 67.6 Å². The fourth-order valence-electron chi connectivity index (χ4n) is 7.42. The number of rotatable bonds is 7. The van der Waals surface area contributed by atoms with Crippen LogP contribution in [0.5, 0.6) is 5.75 Å². The Balaban J connectivity index is 1.26. The highest BCUT2D eigenvalue weighted by Gasteiger charge is 2.68. The van der Waals surface area contributed by atoms with Crippen molar-refractivity contribution in [2.45, 2.75) is 24.7 Å². The summed E-state index contributed by atoms with van der Waals surface area (Å²) in [7, 11) is 0. The minimum Gasteiger partial charge on any atom is -0.494 e. The quantitative estimate of drug-likeness (QED) is 0.143. The van der Waals surface area contributed by atoms with Crippen LogP contribution in [0.4, 0.5) is 11.6 Å². The smallest absolute Gasteiger partial charge is 0.239 e. The normalized spacial score (nSPS) is 23.5. The number of aromatic amines is 1. The van der Waals surface area contributed by atoms with Gasteiger partial charge in [0.15, 0.2) is 0 Å². The molecule has 0 unspecified atom stereocenters. The monoisotopic (exact) mass is 567 g/mol. The van der Waals surface area contributed by atoms with Crippen molar-refractivity contribution in [3.8, 4) is 5.75 Å². The summed E-state index contributed by atoms with van der Waals surface area (Å²) < 4.78 is 5.75. The zero-order chi connectivity index (χ0) is 29.1. The molecule has 8 heteroatoms. The van der Waals surface area contributed by atoms with Crippen LogP contribution in [0, 0.1) is 11.8 Å². The molecular formula is C35H29N5O3. The zero-order valence-electron chi connectivity index (χ0n) is 23.5. The maximum atomic E-state index is 14.5. The molecular weight excluding hydrogens is 538 g/mol. The van der Waals surface area contributed by atoms with E-state index in [1.54, 1.807) is 12.1 Å². The number of hydrogen-bond acceptors (Lipinski definition) is 6. The number of para-hydroxylation sites is 2. The van der Waals surface area contributed by atoms with Crippen LogP contribution in [0.1, 0.15) is 41.5 Å². The predicted molar refractivity (Wildman–Crippen MR) is 165 cm³/mol. The molecule has 1 saturated heterocycles. The average Bonchev–Trinajstić information content (AvgIpc) is 3.58. The second-order valence-electron chi connectivity index (χ2n) is 11.4. The molecule has 2 N–H and O–H groups in total. The van der Waals surface area contributed by atoms with Gasteiger partial charge in [0, 0.05) is 12.1 Å². The minimum atomic E-state index is -0.961. The Kier molecular flexibility index (Phi) is 5.72. The fourth-order valence-corrected chi connectivity index (χ4v) is 7.42. The van der Waals surface area contributed by atoms with Crippen molar-refractivity contribution in [1.82, 2.24) is 9.97 Å². The van der Waals surface area contributed by atoms with Crippen LogP contribution < -0.4 is 15.1 Å². The van der Waals surface area contributed by atoms with Crippen LogP contribution in [0.25, 0.3) is 11.0 Å². The SMILES string of the molecule is CCCOc1ccc(N2C(=O)[C@H]3C4c5ccccc5C(/C=N\Nc5nc6ccccc6[nH]5)(c5ccccc54)[C@H]3C2=O)cc1. The number of amides is 2. The Labute approximate surface area is 248 Å². The first-order chi connectivity index (χ1) is 21.1. The van der Waals surface area contributed by atoms with Crippen LogP contribution in [-0.4, -0.2) is 34.6 Å². The van der Waals surface area contributed by atoms with Crippen molar-refractivity contribution in [2.75, 3.05) is 16.9 Å². The molecule has 2 atom stereocenters. The van der Waals surface area contributed by atoms with E-state index in [9.17, 15) is 9.59 Å². The van der Waals surface area contributed by atoms with Crippen LogP contribution in [-0.2, 0) is 15.0 Å². The predicted octanol–water partition coefficient (Wildman–Crippen LogP) is 6.00. The Bertz CT molecular complexity index is 1850. The number of hydrazone groups is 1. The fraction of sp³-hybridized carbons (Fsp3) is 0.200. The van der Waals surface area contributed by atoms with E-state index >= 15 is 0 Å². The summed E-state index contributed by atoms with van der Waals surface area (Å²) in [6.07, 6.45) is 2.72. The summed E-state index contributed by atoms with van der Waals surface area (Å²) in [5.74, 6) is -0.655. The first-order valence-corrected chi connectivity index (χ1v) is 14.7. The van der Waals surface area contributed by atoms with E-state index in [4.69, 9.17) is 9.84 Å². The highest BCUT2D eigenvalue weighted by Crippen LogP contribution is 2.63. The van der Waals surface area contributed by atoms with E-state index < -0.39 is 17.3 Å². The molecule has 4 aromatic carbocycles. The van der Waals surface area contributed by atoms with E-state index in [2.05, 4.69) is 39.7 Å². The Morgan fingerprint density at radius 1 is 0.907 bits per heavy atom. The molecule has 3 aliphatic carbocycles. The minimum absolute atomic E-state index is 0.186. The summed E-state index contributed by atoms with van der Waals surface area (Å²) in [4.78, 5) is 38.1. The van der Waals surface area contributed by atoms with Crippen molar-refractivity contribution in [3.05, 3.63) is 119 Å². The molecule has 0 saturated carbocycles. The molecule has 0 radical (unpaired) electrons. The summed E-state index contributed by atoms with van der Waals surface area (Å²) in [5.41, 5.74) is 8.50. The molecule has 212 valence electrons.